The van der Waals surface area contributed by atoms with Crippen molar-refractivity contribution < 1.29 is 4.74 Å². The average molecular weight is 267 g/mol. The summed E-state index contributed by atoms with van der Waals surface area (Å²) in [6.07, 6.45) is 2.87. The quantitative estimate of drug-likeness (QED) is 0.860. The van der Waals surface area contributed by atoms with Gasteiger partial charge in [0.2, 0.25) is 0 Å². The summed E-state index contributed by atoms with van der Waals surface area (Å²) in [5, 5.41) is 7.87. The van der Waals surface area contributed by atoms with Crippen molar-refractivity contribution in [1.82, 2.24) is 15.1 Å². The maximum atomic E-state index is 5.44. The fourth-order valence-corrected chi connectivity index (χ4v) is 2.23. The smallest absolute Gasteiger partial charge is 0.161 e. The number of methoxy groups -OCH3 is 1. The second-order valence-electron chi connectivity index (χ2n) is 6.33. The van der Waals surface area contributed by atoms with E-state index in [1.54, 1.807) is 13.3 Å². The second-order valence-corrected chi connectivity index (χ2v) is 6.33. The molecule has 0 aliphatic heterocycles. The van der Waals surface area contributed by atoms with E-state index in [2.05, 4.69) is 45.0 Å². The van der Waals surface area contributed by atoms with Crippen LogP contribution in [0.25, 0.3) is 0 Å². The number of nitrogens with zero attached hydrogens (tertiary/aromatic N) is 2. The summed E-state index contributed by atoms with van der Waals surface area (Å²) < 4.78 is 7.36. The van der Waals surface area contributed by atoms with Crippen molar-refractivity contribution in [1.29, 1.82) is 0 Å². The lowest BCUT2D eigenvalue weighted by atomic mass is 9.78. The Kier molecular flexibility index (Phi) is 5.41. The molecule has 0 bridgehead atoms. The Balaban J connectivity index is 2.97. The lowest BCUT2D eigenvalue weighted by molar-refractivity contribution is 0.219. The van der Waals surface area contributed by atoms with Crippen LogP contribution in [0, 0.1) is 11.3 Å². The Morgan fingerprint density at radius 2 is 2.05 bits per heavy atom. The van der Waals surface area contributed by atoms with Crippen LogP contribution < -0.4 is 10.1 Å². The Morgan fingerprint density at radius 3 is 2.53 bits per heavy atom. The highest BCUT2D eigenvalue weighted by molar-refractivity contribution is 5.28. The van der Waals surface area contributed by atoms with Gasteiger partial charge in [0, 0.05) is 7.05 Å². The molecule has 0 radical (unpaired) electrons. The van der Waals surface area contributed by atoms with Crippen molar-refractivity contribution in [3.05, 3.63) is 11.9 Å². The Morgan fingerprint density at radius 1 is 1.42 bits per heavy atom. The van der Waals surface area contributed by atoms with Crippen LogP contribution in [0.1, 0.15) is 52.8 Å². The van der Waals surface area contributed by atoms with Crippen LogP contribution in [-0.4, -0.2) is 23.4 Å². The highest BCUT2D eigenvalue weighted by atomic mass is 16.5. The molecule has 4 heteroatoms. The zero-order valence-electron chi connectivity index (χ0n) is 13.4. The second kappa shape index (κ2) is 6.42. The van der Waals surface area contributed by atoms with Crippen molar-refractivity contribution in [2.75, 3.05) is 13.7 Å². The third-order valence-corrected chi connectivity index (χ3v) is 4.02. The molecule has 0 saturated carbocycles. The first-order valence-electron chi connectivity index (χ1n) is 7.10. The molecule has 0 spiro atoms. The molecule has 4 nitrogen and oxygen atoms in total. The highest BCUT2D eigenvalue weighted by Gasteiger charge is 2.27. The molecule has 1 aromatic rings. The zero-order chi connectivity index (χ0) is 14.6. The summed E-state index contributed by atoms with van der Waals surface area (Å²) >= 11 is 0. The lowest BCUT2D eigenvalue weighted by Gasteiger charge is -2.31. The van der Waals surface area contributed by atoms with Gasteiger partial charge in [0.25, 0.3) is 0 Å². The summed E-state index contributed by atoms with van der Waals surface area (Å²) in [6, 6.07) is 0.279. The van der Waals surface area contributed by atoms with Gasteiger partial charge < -0.3 is 10.1 Å². The number of rotatable bonds is 6. The fourth-order valence-electron chi connectivity index (χ4n) is 2.23. The first kappa shape index (κ1) is 16.0. The van der Waals surface area contributed by atoms with Gasteiger partial charge in [-0.25, -0.2) is 0 Å². The number of ether oxygens (including phenoxy) is 1. The maximum absolute atomic E-state index is 5.44. The third-order valence-electron chi connectivity index (χ3n) is 4.02. The van der Waals surface area contributed by atoms with Gasteiger partial charge in [-0.2, -0.15) is 5.10 Å². The van der Waals surface area contributed by atoms with E-state index >= 15 is 0 Å². The molecule has 0 fully saturated rings. The highest BCUT2D eigenvalue weighted by Crippen LogP contribution is 2.35. The van der Waals surface area contributed by atoms with E-state index in [4.69, 9.17) is 4.74 Å². The Labute approximate surface area is 117 Å². The van der Waals surface area contributed by atoms with Gasteiger partial charge >= 0.3 is 0 Å². The number of aromatic nitrogens is 2. The average Bonchev–Trinajstić information content (AvgIpc) is 2.68. The summed E-state index contributed by atoms with van der Waals surface area (Å²) in [4.78, 5) is 0. The zero-order valence-corrected chi connectivity index (χ0v) is 13.4. The van der Waals surface area contributed by atoms with Gasteiger partial charge in [-0.05, 0) is 24.3 Å². The lowest BCUT2D eigenvalue weighted by Crippen LogP contribution is -2.29. The standard InChI is InChI=1S/C15H29N3O/c1-8-16-12(9-11(2)15(3,4)5)14-13(19-7)10-17-18(14)6/h10-12,16H,8-9H2,1-7H3. The van der Waals surface area contributed by atoms with Crippen molar-refractivity contribution in [2.45, 2.75) is 47.1 Å². The number of hydrogen-bond acceptors (Lipinski definition) is 3. The minimum absolute atomic E-state index is 0.279. The molecule has 1 N–H and O–H groups in total. The molecule has 0 amide bonds. The van der Waals surface area contributed by atoms with Gasteiger partial charge in [-0.3, -0.25) is 4.68 Å². The van der Waals surface area contributed by atoms with Crippen LogP contribution in [0.4, 0.5) is 0 Å². The molecule has 19 heavy (non-hydrogen) atoms. The minimum atomic E-state index is 0.279. The van der Waals surface area contributed by atoms with Crippen LogP contribution in [0.3, 0.4) is 0 Å². The molecule has 2 unspecified atom stereocenters. The van der Waals surface area contributed by atoms with E-state index in [1.807, 2.05) is 11.7 Å². The summed E-state index contributed by atoms with van der Waals surface area (Å²) in [7, 11) is 3.68. The monoisotopic (exact) mass is 267 g/mol. The molecule has 0 aliphatic carbocycles. The molecule has 0 aliphatic rings. The molecule has 0 aromatic carbocycles. The molecule has 2 atom stereocenters. The first-order chi connectivity index (χ1) is 8.81. The molecular formula is C15H29N3O. The van der Waals surface area contributed by atoms with E-state index in [-0.39, 0.29) is 6.04 Å². The van der Waals surface area contributed by atoms with Crippen LogP contribution in [0.2, 0.25) is 0 Å². The van der Waals surface area contributed by atoms with Gasteiger partial charge in [0.05, 0.1) is 25.0 Å². The van der Waals surface area contributed by atoms with Crippen molar-refractivity contribution in [3.63, 3.8) is 0 Å². The molecule has 0 saturated heterocycles. The maximum Gasteiger partial charge on any atom is 0.161 e. The Hall–Kier alpha value is -1.03. The number of nitrogens with one attached hydrogen (secondary N) is 1. The SMILES string of the molecule is CCNC(CC(C)C(C)(C)C)c1c(OC)cnn1C. The first-order valence-corrected chi connectivity index (χ1v) is 7.10. The topological polar surface area (TPSA) is 39.1 Å². The molecule has 1 rings (SSSR count). The molecule has 1 aromatic heterocycles. The molecule has 110 valence electrons. The fraction of sp³-hybridized carbons (Fsp3) is 0.800. The van der Waals surface area contributed by atoms with E-state index in [0.29, 0.717) is 11.3 Å². The molecule has 1 heterocycles. The van der Waals surface area contributed by atoms with E-state index < -0.39 is 0 Å². The van der Waals surface area contributed by atoms with Crippen molar-refractivity contribution in [3.8, 4) is 5.75 Å². The predicted molar refractivity (Wildman–Crippen MR) is 79.4 cm³/mol. The van der Waals surface area contributed by atoms with E-state index in [0.717, 1.165) is 24.4 Å². The summed E-state index contributed by atoms with van der Waals surface area (Å²) in [5.74, 6) is 1.48. The Bertz CT molecular complexity index is 393. The van der Waals surface area contributed by atoms with E-state index in [9.17, 15) is 0 Å². The largest absolute Gasteiger partial charge is 0.493 e. The van der Waals surface area contributed by atoms with Gasteiger partial charge in [0.15, 0.2) is 5.75 Å². The van der Waals surface area contributed by atoms with Crippen LogP contribution >= 0.6 is 0 Å². The van der Waals surface area contributed by atoms with Gasteiger partial charge in [0.1, 0.15) is 0 Å². The minimum Gasteiger partial charge on any atom is -0.493 e. The van der Waals surface area contributed by atoms with Crippen LogP contribution in [-0.2, 0) is 7.05 Å². The van der Waals surface area contributed by atoms with Crippen molar-refractivity contribution in [2.24, 2.45) is 18.4 Å². The predicted octanol–water partition coefficient (Wildman–Crippen LogP) is 3.15. The molecular weight excluding hydrogens is 238 g/mol. The summed E-state index contributed by atoms with van der Waals surface area (Å²) in [6.45, 7) is 12.3. The summed E-state index contributed by atoms with van der Waals surface area (Å²) in [5.41, 5.74) is 1.44. The van der Waals surface area contributed by atoms with Crippen LogP contribution in [0.15, 0.2) is 6.20 Å². The third kappa shape index (κ3) is 3.96. The normalized spacial score (nSPS) is 15.3. The van der Waals surface area contributed by atoms with Crippen molar-refractivity contribution >= 4 is 0 Å². The van der Waals surface area contributed by atoms with Crippen LogP contribution in [0.5, 0.6) is 5.75 Å². The van der Waals surface area contributed by atoms with Gasteiger partial charge in [-0.1, -0.05) is 34.6 Å². The van der Waals surface area contributed by atoms with E-state index in [1.165, 1.54) is 0 Å². The van der Waals surface area contributed by atoms with Gasteiger partial charge in [-0.15, -0.1) is 0 Å². The number of aryl methyl sites for hydroxylation is 1. The number of hydrogen-bond donors (Lipinski definition) is 1.